The quantitative estimate of drug-likeness (QED) is 0.721. The standard InChI is InChI=1S/C15H23N3O2/c16-5-4-12-2-1-3-13(8-12)10-18-7-6-17-9-14(11-18)15(19)20/h1-3,8,14,17H,4-7,9-11,16H2,(H,19,20)/t14-/m1/s1. The lowest BCUT2D eigenvalue weighted by atomic mass is 10.1. The predicted octanol–water partition coefficient (Wildman–Crippen LogP) is 0.294. The summed E-state index contributed by atoms with van der Waals surface area (Å²) < 4.78 is 0. The average molecular weight is 277 g/mol. The lowest BCUT2D eigenvalue weighted by molar-refractivity contribution is -0.142. The van der Waals surface area contributed by atoms with Crippen LogP contribution in [0.3, 0.4) is 0 Å². The van der Waals surface area contributed by atoms with Crippen LogP contribution < -0.4 is 11.1 Å². The number of benzene rings is 1. The molecule has 0 radical (unpaired) electrons. The van der Waals surface area contributed by atoms with Gasteiger partial charge in [0.25, 0.3) is 0 Å². The molecule has 0 bridgehead atoms. The molecule has 1 saturated heterocycles. The summed E-state index contributed by atoms with van der Waals surface area (Å²) in [5.41, 5.74) is 8.05. The first kappa shape index (κ1) is 15.0. The van der Waals surface area contributed by atoms with Crippen molar-refractivity contribution in [3.05, 3.63) is 35.4 Å². The van der Waals surface area contributed by atoms with Gasteiger partial charge >= 0.3 is 5.97 Å². The largest absolute Gasteiger partial charge is 0.481 e. The third-order valence-electron chi connectivity index (χ3n) is 3.65. The first-order valence-electron chi connectivity index (χ1n) is 7.13. The van der Waals surface area contributed by atoms with Gasteiger partial charge in [-0.1, -0.05) is 24.3 Å². The summed E-state index contributed by atoms with van der Waals surface area (Å²) >= 11 is 0. The van der Waals surface area contributed by atoms with E-state index in [1.54, 1.807) is 0 Å². The number of aliphatic carboxylic acids is 1. The van der Waals surface area contributed by atoms with Gasteiger partial charge < -0.3 is 16.2 Å². The first-order chi connectivity index (χ1) is 9.69. The maximum atomic E-state index is 11.2. The monoisotopic (exact) mass is 277 g/mol. The minimum Gasteiger partial charge on any atom is -0.481 e. The van der Waals surface area contributed by atoms with Crippen LogP contribution in [0.15, 0.2) is 24.3 Å². The van der Waals surface area contributed by atoms with Crippen LogP contribution in [-0.2, 0) is 17.8 Å². The number of hydrogen-bond acceptors (Lipinski definition) is 4. The van der Waals surface area contributed by atoms with E-state index in [1.165, 1.54) is 11.1 Å². The zero-order valence-corrected chi connectivity index (χ0v) is 11.7. The molecule has 110 valence electrons. The van der Waals surface area contributed by atoms with Crippen LogP contribution in [-0.4, -0.2) is 48.7 Å². The van der Waals surface area contributed by atoms with Gasteiger partial charge in [-0.05, 0) is 24.1 Å². The Hall–Kier alpha value is -1.43. The fourth-order valence-electron chi connectivity index (χ4n) is 2.60. The molecular formula is C15H23N3O2. The molecule has 0 unspecified atom stereocenters. The maximum Gasteiger partial charge on any atom is 0.309 e. The van der Waals surface area contributed by atoms with Gasteiger partial charge in [0, 0.05) is 32.7 Å². The maximum absolute atomic E-state index is 11.2. The second-order valence-corrected chi connectivity index (χ2v) is 5.33. The molecule has 2 rings (SSSR count). The summed E-state index contributed by atoms with van der Waals surface area (Å²) in [4.78, 5) is 13.4. The lowest BCUT2D eigenvalue weighted by Gasteiger charge is -2.22. The molecule has 0 aromatic heterocycles. The number of nitrogens with zero attached hydrogens (tertiary/aromatic N) is 1. The molecule has 0 saturated carbocycles. The van der Waals surface area contributed by atoms with Gasteiger partial charge in [-0.15, -0.1) is 0 Å². The third kappa shape index (κ3) is 4.30. The molecule has 0 amide bonds. The van der Waals surface area contributed by atoms with Gasteiger partial charge in [-0.2, -0.15) is 0 Å². The Morgan fingerprint density at radius 1 is 1.45 bits per heavy atom. The van der Waals surface area contributed by atoms with Crippen LogP contribution in [0, 0.1) is 5.92 Å². The highest BCUT2D eigenvalue weighted by molar-refractivity contribution is 5.70. The summed E-state index contributed by atoms with van der Waals surface area (Å²) in [6, 6.07) is 8.39. The molecule has 1 heterocycles. The number of rotatable bonds is 5. The predicted molar refractivity (Wildman–Crippen MR) is 78.5 cm³/mol. The normalized spacial score (nSPS) is 20.6. The molecule has 5 heteroatoms. The molecule has 5 nitrogen and oxygen atoms in total. The number of carboxylic acid groups (broad SMARTS) is 1. The van der Waals surface area contributed by atoms with Crippen molar-refractivity contribution in [1.82, 2.24) is 10.2 Å². The zero-order valence-electron chi connectivity index (χ0n) is 11.7. The van der Waals surface area contributed by atoms with Crippen LogP contribution in [0.25, 0.3) is 0 Å². The lowest BCUT2D eigenvalue weighted by Crippen LogP contribution is -2.33. The van der Waals surface area contributed by atoms with E-state index < -0.39 is 5.97 Å². The van der Waals surface area contributed by atoms with Crippen LogP contribution >= 0.6 is 0 Å². The second kappa shape index (κ2) is 7.38. The molecule has 1 aromatic rings. The number of carboxylic acids is 1. The minimum atomic E-state index is -0.721. The van der Waals surface area contributed by atoms with Gasteiger partial charge in [-0.3, -0.25) is 9.69 Å². The second-order valence-electron chi connectivity index (χ2n) is 5.33. The van der Waals surface area contributed by atoms with Crippen molar-refractivity contribution in [1.29, 1.82) is 0 Å². The van der Waals surface area contributed by atoms with E-state index in [0.717, 1.165) is 26.1 Å². The Morgan fingerprint density at radius 3 is 3.00 bits per heavy atom. The molecule has 1 atom stereocenters. The molecule has 20 heavy (non-hydrogen) atoms. The van der Waals surface area contributed by atoms with Crippen molar-refractivity contribution in [2.75, 3.05) is 32.7 Å². The smallest absolute Gasteiger partial charge is 0.309 e. The Labute approximate surface area is 119 Å². The molecule has 1 aliphatic rings. The number of carbonyl (C=O) groups is 1. The van der Waals surface area contributed by atoms with E-state index >= 15 is 0 Å². The molecule has 1 fully saturated rings. The summed E-state index contributed by atoms with van der Waals surface area (Å²) in [6.07, 6.45) is 0.882. The van der Waals surface area contributed by atoms with Gasteiger partial charge in [0.2, 0.25) is 0 Å². The van der Waals surface area contributed by atoms with E-state index in [2.05, 4.69) is 28.4 Å². The Bertz CT molecular complexity index is 450. The van der Waals surface area contributed by atoms with E-state index in [-0.39, 0.29) is 5.92 Å². The van der Waals surface area contributed by atoms with Crippen molar-refractivity contribution in [3.63, 3.8) is 0 Å². The highest BCUT2D eigenvalue weighted by Crippen LogP contribution is 2.12. The van der Waals surface area contributed by atoms with Gasteiger partial charge in [-0.25, -0.2) is 0 Å². The first-order valence-corrected chi connectivity index (χ1v) is 7.13. The summed E-state index contributed by atoms with van der Waals surface area (Å²) in [6.45, 7) is 4.32. The fraction of sp³-hybridized carbons (Fsp3) is 0.533. The van der Waals surface area contributed by atoms with Crippen molar-refractivity contribution < 1.29 is 9.90 Å². The summed E-state index contributed by atoms with van der Waals surface area (Å²) in [7, 11) is 0. The zero-order chi connectivity index (χ0) is 14.4. The van der Waals surface area contributed by atoms with Gasteiger partial charge in [0.15, 0.2) is 0 Å². The third-order valence-corrected chi connectivity index (χ3v) is 3.65. The average Bonchev–Trinajstić information content (AvgIpc) is 2.65. The molecule has 4 N–H and O–H groups in total. The molecule has 1 aliphatic heterocycles. The number of nitrogens with one attached hydrogen (secondary N) is 1. The topological polar surface area (TPSA) is 78.6 Å². The molecule has 0 spiro atoms. The Balaban J connectivity index is 2.00. The highest BCUT2D eigenvalue weighted by atomic mass is 16.4. The van der Waals surface area contributed by atoms with Crippen LogP contribution in [0.1, 0.15) is 11.1 Å². The van der Waals surface area contributed by atoms with Crippen molar-refractivity contribution in [2.45, 2.75) is 13.0 Å². The van der Waals surface area contributed by atoms with E-state index in [0.29, 0.717) is 19.6 Å². The highest BCUT2D eigenvalue weighted by Gasteiger charge is 2.23. The van der Waals surface area contributed by atoms with Crippen molar-refractivity contribution in [3.8, 4) is 0 Å². The van der Waals surface area contributed by atoms with Gasteiger partial charge in [0.05, 0.1) is 5.92 Å². The van der Waals surface area contributed by atoms with Crippen LogP contribution in [0.2, 0.25) is 0 Å². The molecule has 0 aliphatic carbocycles. The molecular weight excluding hydrogens is 254 g/mol. The van der Waals surface area contributed by atoms with Crippen LogP contribution in [0.4, 0.5) is 0 Å². The fourth-order valence-corrected chi connectivity index (χ4v) is 2.60. The van der Waals surface area contributed by atoms with Gasteiger partial charge in [0.1, 0.15) is 0 Å². The Kier molecular flexibility index (Phi) is 5.52. The Morgan fingerprint density at radius 2 is 2.25 bits per heavy atom. The number of nitrogens with two attached hydrogens (primary N) is 1. The summed E-state index contributed by atoms with van der Waals surface area (Å²) in [5, 5.41) is 12.4. The summed E-state index contributed by atoms with van der Waals surface area (Å²) in [5.74, 6) is -1.05. The van der Waals surface area contributed by atoms with Crippen molar-refractivity contribution >= 4 is 5.97 Å². The number of hydrogen-bond donors (Lipinski definition) is 3. The SMILES string of the molecule is NCCc1cccc(CN2CCNC[C@@H](C(=O)O)C2)c1. The van der Waals surface area contributed by atoms with E-state index in [4.69, 9.17) is 5.73 Å². The van der Waals surface area contributed by atoms with E-state index in [1.807, 2.05) is 6.07 Å². The minimum absolute atomic E-state index is 0.329. The van der Waals surface area contributed by atoms with E-state index in [9.17, 15) is 9.90 Å². The van der Waals surface area contributed by atoms with Crippen molar-refractivity contribution in [2.24, 2.45) is 11.7 Å². The van der Waals surface area contributed by atoms with Crippen LogP contribution in [0.5, 0.6) is 0 Å². The molecule has 1 aromatic carbocycles.